The minimum Gasteiger partial charge on any atom is -0.478 e. The minimum absolute atomic E-state index is 0.143. The van der Waals surface area contributed by atoms with Gasteiger partial charge in [0, 0.05) is 26.7 Å². The Kier molecular flexibility index (Phi) is 4.88. The van der Waals surface area contributed by atoms with Gasteiger partial charge in [-0.2, -0.15) is 0 Å². The molecule has 0 aromatic heterocycles. The molecule has 0 saturated carbocycles. The van der Waals surface area contributed by atoms with Crippen molar-refractivity contribution in [3.05, 3.63) is 93.5 Å². The fraction of sp³-hybridized carbons (Fsp3) is 0. The van der Waals surface area contributed by atoms with Crippen molar-refractivity contribution in [2.75, 3.05) is 0 Å². The SMILES string of the molecule is O=C(O)c1ccc(C(=O)c2ccc(-c3ccc(Cl)cc3Cl)cc2)cc1. The van der Waals surface area contributed by atoms with Crippen molar-refractivity contribution in [2.45, 2.75) is 0 Å². The van der Waals surface area contributed by atoms with Crippen molar-refractivity contribution < 1.29 is 14.7 Å². The van der Waals surface area contributed by atoms with Crippen LogP contribution in [-0.4, -0.2) is 16.9 Å². The molecule has 3 aromatic rings. The van der Waals surface area contributed by atoms with Gasteiger partial charge in [-0.3, -0.25) is 4.79 Å². The normalized spacial score (nSPS) is 10.5. The molecule has 0 aliphatic heterocycles. The monoisotopic (exact) mass is 370 g/mol. The third kappa shape index (κ3) is 3.73. The molecule has 0 aliphatic carbocycles. The number of carbonyl (C=O) groups is 2. The van der Waals surface area contributed by atoms with Gasteiger partial charge in [-0.15, -0.1) is 0 Å². The van der Waals surface area contributed by atoms with Gasteiger partial charge >= 0.3 is 5.97 Å². The number of rotatable bonds is 4. The van der Waals surface area contributed by atoms with E-state index >= 15 is 0 Å². The topological polar surface area (TPSA) is 54.4 Å². The van der Waals surface area contributed by atoms with E-state index in [9.17, 15) is 9.59 Å². The Morgan fingerprint density at radius 3 is 1.76 bits per heavy atom. The summed E-state index contributed by atoms with van der Waals surface area (Å²) in [6.45, 7) is 0. The van der Waals surface area contributed by atoms with E-state index in [0.717, 1.165) is 11.1 Å². The number of carboxylic acid groups (broad SMARTS) is 1. The van der Waals surface area contributed by atoms with Crippen LogP contribution < -0.4 is 0 Å². The van der Waals surface area contributed by atoms with E-state index in [4.69, 9.17) is 28.3 Å². The third-order valence-electron chi connectivity index (χ3n) is 3.78. The quantitative estimate of drug-likeness (QED) is 0.609. The van der Waals surface area contributed by atoms with E-state index in [2.05, 4.69) is 0 Å². The lowest BCUT2D eigenvalue weighted by Gasteiger charge is -2.07. The third-order valence-corrected chi connectivity index (χ3v) is 4.33. The maximum Gasteiger partial charge on any atom is 0.335 e. The standard InChI is InChI=1S/C20H12Cl2O3/c21-16-9-10-17(18(22)11-16)12-1-3-13(4-2-12)19(23)14-5-7-15(8-6-14)20(24)25/h1-11H,(H,24,25). The van der Waals surface area contributed by atoms with E-state index < -0.39 is 5.97 Å². The molecule has 0 fully saturated rings. The highest BCUT2D eigenvalue weighted by Crippen LogP contribution is 2.30. The highest BCUT2D eigenvalue weighted by atomic mass is 35.5. The Labute approximate surface area is 154 Å². The molecule has 1 N–H and O–H groups in total. The molecule has 0 atom stereocenters. The van der Waals surface area contributed by atoms with Gasteiger partial charge in [0.25, 0.3) is 0 Å². The number of ketones is 1. The van der Waals surface area contributed by atoms with Crippen LogP contribution in [-0.2, 0) is 0 Å². The summed E-state index contributed by atoms with van der Waals surface area (Å²) in [5.74, 6) is -1.20. The molecule has 0 aliphatic rings. The zero-order valence-electron chi connectivity index (χ0n) is 12.9. The molecule has 3 aromatic carbocycles. The molecule has 0 unspecified atom stereocenters. The van der Waals surface area contributed by atoms with Gasteiger partial charge < -0.3 is 5.11 Å². The van der Waals surface area contributed by atoms with Gasteiger partial charge in [-0.05, 0) is 29.8 Å². The number of hydrogen-bond donors (Lipinski definition) is 1. The van der Waals surface area contributed by atoms with Crippen molar-refractivity contribution in [2.24, 2.45) is 0 Å². The average molecular weight is 371 g/mol. The first-order chi connectivity index (χ1) is 12.0. The highest BCUT2D eigenvalue weighted by Gasteiger charge is 2.11. The van der Waals surface area contributed by atoms with Crippen LogP contribution in [0.4, 0.5) is 0 Å². The van der Waals surface area contributed by atoms with E-state index in [-0.39, 0.29) is 11.3 Å². The lowest BCUT2D eigenvalue weighted by atomic mass is 9.99. The fourth-order valence-corrected chi connectivity index (χ4v) is 2.97. The Hall–Kier alpha value is -2.62. The molecule has 0 radical (unpaired) electrons. The van der Waals surface area contributed by atoms with Crippen LogP contribution in [0.5, 0.6) is 0 Å². The van der Waals surface area contributed by atoms with E-state index in [1.54, 1.807) is 24.3 Å². The molecule has 25 heavy (non-hydrogen) atoms. The molecule has 0 amide bonds. The van der Waals surface area contributed by atoms with Crippen LogP contribution >= 0.6 is 23.2 Å². The van der Waals surface area contributed by atoms with Gasteiger partial charge in [-0.1, -0.05) is 65.7 Å². The molecule has 124 valence electrons. The first-order valence-corrected chi connectivity index (χ1v) is 8.15. The second-order valence-electron chi connectivity index (χ2n) is 5.41. The van der Waals surface area contributed by atoms with Crippen LogP contribution in [0.1, 0.15) is 26.3 Å². The Morgan fingerprint density at radius 1 is 0.720 bits per heavy atom. The molecular formula is C20H12Cl2O3. The average Bonchev–Trinajstić information content (AvgIpc) is 2.61. The van der Waals surface area contributed by atoms with Crippen molar-refractivity contribution in [1.82, 2.24) is 0 Å². The van der Waals surface area contributed by atoms with Crippen molar-refractivity contribution in [1.29, 1.82) is 0 Å². The smallest absolute Gasteiger partial charge is 0.335 e. The second-order valence-corrected chi connectivity index (χ2v) is 6.26. The Bertz CT molecular complexity index is 946. The van der Waals surface area contributed by atoms with Gasteiger partial charge in [0.1, 0.15) is 0 Å². The molecule has 3 nitrogen and oxygen atoms in total. The van der Waals surface area contributed by atoms with E-state index in [0.29, 0.717) is 21.2 Å². The molecule has 3 rings (SSSR count). The van der Waals surface area contributed by atoms with Crippen molar-refractivity contribution >= 4 is 35.0 Å². The van der Waals surface area contributed by atoms with Crippen molar-refractivity contribution in [3.63, 3.8) is 0 Å². The summed E-state index contributed by atoms with van der Waals surface area (Å²) < 4.78 is 0. The number of hydrogen-bond acceptors (Lipinski definition) is 2. The van der Waals surface area contributed by atoms with Crippen LogP contribution in [0, 0.1) is 0 Å². The lowest BCUT2D eigenvalue weighted by molar-refractivity contribution is 0.0696. The first kappa shape index (κ1) is 17.2. The molecule has 0 spiro atoms. The lowest BCUT2D eigenvalue weighted by Crippen LogP contribution is -2.02. The van der Waals surface area contributed by atoms with Crippen LogP contribution in [0.3, 0.4) is 0 Å². The van der Waals surface area contributed by atoms with Gasteiger partial charge in [0.05, 0.1) is 5.56 Å². The number of aromatic carboxylic acids is 1. The molecule has 0 heterocycles. The van der Waals surface area contributed by atoms with E-state index in [1.807, 2.05) is 18.2 Å². The van der Waals surface area contributed by atoms with Crippen molar-refractivity contribution in [3.8, 4) is 11.1 Å². The maximum atomic E-state index is 12.5. The predicted molar refractivity (Wildman–Crippen MR) is 98.7 cm³/mol. The Morgan fingerprint density at radius 2 is 1.24 bits per heavy atom. The van der Waals surface area contributed by atoms with Gasteiger partial charge in [0.2, 0.25) is 0 Å². The largest absolute Gasteiger partial charge is 0.478 e. The summed E-state index contributed by atoms with van der Waals surface area (Å²) in [4.78, 5) is 23.4. The predicted octanol–water partition coefficient (Wildman–Crippen LogP) is 5.59. The number of halogens is 2. The first-order valence-electron chi connectivity index (χ1n) is 7.39. The molecule has 0 bridgehead atoms. The maximum absolute atomic E-state index is 12.5. The second kappa shape index (κ2) is 7.09. The van der Waals surface area contributed by atoms with Crippen LogP contribution in [0.25, 0.3) is 11.1 Å². The molecule has 0 saturated heterocycles. The molecule has 5 heteroatoms. The number of carbonyl (C=O) groups excluding carboxylic acids is 1. The summed E-state index contributed by atoms with van der Waals surface area (Å²) in [7, 11) is 0. The fourth-order valence-electron chi connectivity index (χ4n) is 2.46. The zero-order chi connectivity index (χ0) is 18.0. The summed E-state index contributed by atoms with van der Waals surface area (Å²) in [5, 5.41) is 10.0. The van der Waals surface area contributed by atoms with Gasteiger partial charge in [-0.25, -0.2) is 4.79 Å². The Balaban J connectivity index is 1.86. The molecular weight excluding hydrogens is 359 g/mol. The summed E-state index contributed by atoms with van der Waals surface area (Å²) in [6, 6.07) is 18.2. The van der Waals surface area contributed by atoms with Crippen LogP contribution in [0.2, 0.25) is 10.0 Å². The summed E-state index contributed by atoms with van der Waals surface area (Å²) in [5.41, 5.74) is 2.79. The van der Waals surface area contributed by atoms with Gasteiger partial charge in [0.15, 0.2) is 5.78 Å². The highest BCUT2D eigenvalue weighted by molar-refractivity contribution is 6.36. The number of carboxylic acids is 1. The minimum atomic E-state index is -1.02. The zero-order valence-corrected chi connectivity index (χ0v) is 14.4. The summed E-state index contributed by atoms with van der Waals surface area (Å²) >= 11 is 12.1. The number of benzene rings is 3. The summed E-state index contributed by atoms with van der Waals surface area (Å²) in [6.07, 6.45) is 0. The van der Waals surface area contributed by atoms with Crippen LogP contribution in [0.15, 0.2) is 66.7 Å². The van der Waals surface area contributed by atoms with E-state index in [1.165, 1.54) is 24.3 Å².